The quantitative estimate of drug-likeness (QED) is 0.158. The highest BCUT2D eigenvalue weighted by Crippen LogP contribution is 2.25. The number of hydrogen-bond acceptors (Lipinski definition) is 12. The minimum atomic E-state index is -0.317. The lowest BCUT2D eigenvalue weighted by Crippen LogP contribution is -2.64. The maximum atomic E-state index is 13.7. The van der Waals surface area contributed by atoms with Crippen LogP contribution in [0, 0.1) is 6.92 Å². The second-order valence-electron chi connectivity index (χ2n) is 12.9. The van der Waals surface area contributed by atoms with Crippen molar-refractivity contribution in [1.82, 2.24) is 25.0 Å². The van der Waals surface area contributed by atoms with E-state index in [1.165, 1.54) is 11.3 Å². The molecule has 0 saturated carbocycles. The summed E-state index contributed by atoms with van der Waals surface area (Å²) < 4.78 is 27.7. The molecule has 0 spiro atoms. The predicted molar refractivity (Wildman–Crippen MR) is 185 cm³/mol. The second kappa shape index (κ2) is 21.3. The number of esters is 1. The average Bonchev–Trinajstić information content (AvgIpc) is 3.37. The van der Waals surface area contributed by atoms with Gasteiger partial charge >= 0.3 is 5.97 Å². The lowest BCUT2D eigenvalue weighted by Gasteiger charge is -2.45. The maximum absolute atomic E-state index is 13.7. The van der Waals surface area contributed by atoms with Crippen molar-refractivity contribution in [2.45, 2.75) is 77.9 Å². The number of rotatable bonds is 20. The van der Waals surface area contributed by atoms with E-state index in [9.17, 15) is 14.4 Å². The van der Waals surface area contributed by atoms with Gasteiger partial charge in [0.05, 0.1) is 70.4 Å². The zero-order valence-electron chi connectivity index (χ0n) is 29.4. The van der Waals surface area contributed by atoms with Crippen molar-refractivity contribution < 1.29 is 38.1 Å². The number of thiazole rings is 1. The van der Waals surface area contributed by atoms with Crippen molar-refractivity contribution in [3.63, 3.8) is 0 Å². The summed E-state index contributed by atoms with van der Waals surface area (Å²) in [5, 5.41) is 4.05. The Morgan fingerprint density at radius 2 is 1.60 bits per heavy atom. The molecule has 2 aliphatic rings. The standard InChI is InChI=1S/C33H56ClN5O8S/c1-6-43-16-17-45-20-21-46-19-18-44-14-7-8-30(41)47-15-9-26-23-37(32(42)27-24-38(11-10-35-27)33(3,4)5)12-13-39(26)29(40)22-28-36-25(2)31(34)48-28/h26-27,35H,6-24H2,1-5H3. The molecule has 2 saturated heterocycles. The van der Waals surface area contributed by atoms with E-state index in [0.29, 0.717) is 107 Å². The number of piperazine rings is 2. The molecule has 0 aliphatic carbocycles. The SMILES string of the molecule is CCOCCOCCOCCOCCCC(=O)OCCC1CN(C(=O)C2CN(C(C)(C)C)CCN2)CCN1C(=O)Cc1nc(C)c(Cl)s1. The van der Waals surface area contributed by atoms with Gasteiger partial charge in [-0.25, -0.2) is 4.98 Å². The molecular formula is C33H56ClN5O8S. The molecule has 2 aliphatic heterocycles. The highest BCUT2D eigenvalue weighted by molar-refractivity contribution is 7.16. The number of carbonyl (C=O) groups excluding carboxylic acids is 3. The van der Waals surface area contributed by atoms with Gasteiger partial charge < -0.3 is 38.8 Å². The van der Waals surface area contributed by atoms with Gasteiger partial charge in [0.15, 0.2) is 0 Å². The second-order valence-corrected chi connectivity index (χ2v) is 14.6. The van der Waals surface area contributed by atoms with Crippen LogP contribution < -0.4 is 5.32 Å². The Kier molecular flexibility index (Phi) is 18.0. The van der Waals surface area contributed by atoms with Gasteiger partial charge in [0.1, 0.15) is 9.34 Å². The smallest absolute Gasteiger partial charge is 0.305 e. The fourth-order valence-electron chi connectivity index (χ4n) is 5.62. The highest BCUT2D eigenvalue weighted by atomic mass is 35.5. The van der Waals surface area contributed by atoms with E-state index in [1.54, 1.807) is 4.90 Å². The van der Waals surface area contributed by atoms with E-state index >= 15 is 0 Å². The van der Waals surface area contributed by atoms with Crippen LogP contribution in [0.4, 0.5) is 0 Å². The Morgan fingerprint density at radius 3 is 2.23 bits per heavy atom. The van der Waals surface area contributed by atoms with Gasteiger partial charge in [-0.2, -0.15) is 0 Å². The first-order chi connectivity index (χ1) is 23.0. The predicted octanol–water partition coefficient (Wildman–Crippen LogP) is 2.56. The highest BCUT2D eigenvalue weighted by Gasteiger charge is 2.38. The van der Waals surface area contributed by atoms with Crippen LogP contribution in [-0.4, -0.2) is 154 Å². The topological polar surface area (TPSA) is 132 Å². The molecule has 274 valence electrons. The van der Waals surface area contributed by atoms with Gasteiger partial charge in [0, 0.05) is 70.9 Å². The largest absolute Gasteiger partial charge is 0.466 e. The number of nitrogens with one attached hydrogen (secondary N) is 1. The summed E-state index contributed by atoms with van der Waals surface area (Å²) in [5.74, 6) is -0.354. The lowest BCUT2D eigenvalue weighted by atomic mass is 10.0. The van der Waals surface area contributed by atoms with E-state index in [0.717, 1.165) is 13.1 Å². The monoisotopic (exact) mass is 717 g/mol. The number of aromatic nitrogens is 1. The van der Waals surface area contributed by atoms with Crippen molar-refractivity contribution in [2.75, 3.05) is 98.7 Å². The summed E-state index contributed by atoms with van der Waals surface area (Å²) in [6, 6.07) is -0.599. The molecule has 0 bridgehead atoms. The van der Waals surface area contributed by atoms with Crippen LogP contribution in [0.2, 0.25) is 4.34 Å². The summed E-state index contributed by atoms with van der Waals surface area (Å²) in [4.78, 5) is 50.0. The first-order valence-electron chi connectivity index (χ1n) is 17.1. The molecule has 48 heavy (non-hydrogen) atoms. The number of ether oxygens (including phenoxy) is 5. The number of amides is 2. The normalized spacial score (nSPS) is 19.1. The van der Waals surface area contributed by atoms with Crippen LogP contribution in [0.3, 0.4) is 0 Å². The van der Waals surface area contributed by atoms with Crippen molar-refractivity contribution in [1.29, 1.82) is 0 Å². The Hall–Kier alpha value is -1.91. The molecule has 13 nitrogen and oxygen atoms in total. The van der Waals surface area contributed by atoms with Gasteiger partial charge in [-0.05, 0) is 41.0 Å². The zero-order valence-corrected chi connectivity index (χ0v) is 31.0. The van der Waals surface area contributed by atoms with E-state index in [4.69, 9.17) is 35.3 Å². The molecule has 1 aromatic rings. The maximum Gasteiger partial charge on any atom is 0.305 e. The third-order valence-electron chi connectivity index (χ3n) is 8.33. The summed E-state index contributed by atoms with van der Waals surface area (Å²) >= 11 is 7.51. The number of hydrogen-bond donors (Lipinski definition) is 1. The summed E-state index contributed by atoms with van der Waals surface area (Å²) in [6.45, 7) is 18.0. The first-order valence-corrected chi connectivity index (χ1v) is 18.3. The summed E-state index contributed by atoms with van der Waals surface area (Å²) in [5.41, 5.74) is 0.677. The van der Waals surface area contributed by atoms with Crippen LogP contribution in [0.25, 0.3) is 0 Å². The Bertz CT molecular complexity index is 1120. The van der Waals surface area contributed by atoms with Crippen LogP contribution >= 0.6 is 22.9 Å². The fourth-order valence-corrected chi connectivity index (χ4v) is 6.71. The molecule has 2 fully saturated rings. The molecule has 2 unspecified atom stereocenters. The third-order valence-corrected chi connectivity index (χ3v) is 9.78. The molecule has 0 radical (unpaired) electrons. The van der Waals surface area contributed by atoms with Crippen molar-refractivity contribution in [3.8, 4) is 0 Å². The Labute approximate surface area is 294 Å². The van der Waals surface area contributed by atoms with Gasteiger partial charge in [0.25, 0.3) is 0 Å². The molecule has 2 atom stereocenters. The third kappa shape index (κ3) is 14.1. The average molecular weight is 718 g/mol. The van der Waals surface area contributed by atoms with E-state index in [2.05, 4.69) is 36.0 Å². The Balaban J connectivity index is 1.42. The number of aryl methyl sites for hydroxylation is 1. The van der Waals surface area contributed by atoms with E-state index in [-0.39, 0.29) is 54.9 Å². The molecule has 1 aromatic heterocycles. The van der Waals surface area contributed by atoms with Gasteiger partial charge in [0.2, 0.25) is 11.8 Å². The van der Waals surface area contributed by atoms with Gasteiger partial charge in [-0.1, -0.05) is 11.6 Å². The molecule has 15 heteroatoms. The van der Waals surface area contributed by atoms with Gasteiger partial charge in [-0.15, -0.1) is 11.3 Å². The van der Waals surface area contributed by atoms with Crippen molar-refractivity contribution >= 4 is 40.7 Å². The molecule has 0 aromatic carbocycles. The van der Waals surface area contributed by atoms with Crippen LogP contribution in [0.1, 0.15) is 57.7 Å². The minimum Gasteiger partial charge on any atom is -0.466 e. The van der Waals surface area contributed by atoms with E-state index in [1.807, 2.05) is 18.7 Å². The first kappa shape index (κ1) is 40.5. The van der Waals surface area contributed by atoms with Crippen molar-refractivity contribution in [2.24, 2.45) is 0 Å². The Morgan fingerprint density at radius 1 is 0.938 bits per heavy atom. The lowest BCUT2D eigenvalue weighted by molar-refractivity contribution is -0.148. The molecule has 3 heterocycles. The van der Waals surface area contributed by atoms with E-state index < -0.39 is 0 Å². The van der Waals surface area contributed by atoms with Crippen LogP contribution in [-0.2, 0) is 44.5 Å². The summed E-state index contributed by atoms with van der Waals surface area (Å²) in [7, 11) is 0. The minimum absolute atomic E-state index is 0.0324. The van der Waals surface area contributed by atoms with Crippen LogP contribution in [0.5, 0.6) is 0 Å². The number of nitrogens with zero attached hydrogens (tertiary/aromatic N) is 4. The number of halogens is 1. The fraction of sp³-hybridized carbons (Fsp3) is 0.818. The molecule has 2 amide bonds. The van der Waals surface area contributed by atoms with Crippen LogP contribution in [0.15, 0.2) is 0 Å². The summed E-state index contributed by atoms with van der Waals surface area (Å²) in [6.07, 6.45) is 1.33. The van der Waals surface area contributed by atoms with Crippen molar-refractivity contribution in [3.05, 3.63) is 15.0 Å². The number of carbonyl (C=O) groups is 3. The molecule has 1 N–H and O–H groups in total. The molecular weight excluding hydrogens is 662 g/mol. The molecule has 3 rings (SSSR count). The zero-order chi connectivity index (χ0) is 34.9. The van der Waals surface area contributed by atoms with Gasteiger partial charge in [-0.3, -0.25) is 19.3 Å².